The van der Waals surface area contributed by atoms with E-state index in [0.717, 1.165) is 37.4 Å². The van der Waals surface area contributed by atoms with Crippen LogP contribution in [0, 0.1) is 0 Å². The van der Waals surface area contributed by atoms with Crippen LogP contribution in [-0.4, -0.2) is 59.7 Å². The van der Waals surface area contributed by atoms with Gasteiger partial charge in [0.15, 0.2) is 5.82 Å². The Bertz CT molecular complexity index is 612. The number of rotatable bonds is 3. The third kappa shape index (κ3) is 3.06. The summed E-state index contributed by atoms with van der Waals surface area (Å²) in [5.41, 5.74) is 7.40. The lowest BCUT2D eigenvalue weighted by Gasteiger charge is -2.37. The van der Waals surface area contributed by atoms with Crippen LogP contribution in [-0.2, 0) is 6.42 Å². The van der Waals surface area contributed by atoms with Crippen LogP contribution >= 0.6 is 0 Å². The lowest BCUT2D eigenvalue weighted by Crippen LogP contribution is -2.50. The first-order chi connectivity index (χ1) is 10.1. The maximum Gasteiger partial charge on any atom is 0.260 e. The number of nitrogen functional groups attached to an aromatic ring is 1. The van der Waals surface area contributed by atoms with E-state index in [-0.39, 0.29) is 0 Å². The summed E-state index contributed by atoms with van der Waals surface area (Å²) < 4.78 is 5.36. The molecule has 1 aromatic heterocycles. The molecule has 1 aliphatic rings. The van der Waals surface area contributed by atoms with Crippen molar-refractivity contribution in [2.75, 3.05) is 39.5 Å². The molecule has 1 aliphatic heterocycles. The third-order valence-corrected chi connectivity index (χ3v) is 4.06. The Hall–Kier alpha value is -1.92. The molecule has 112 valence electrons. The van der Waals surface area contributed by atoms with Crippen molar-refractivity contribution >= 4 is 5.69 Å². The number of nitrogens with two attached hydrogens (primary N) is 1. The standard InChI is InChI=1S/C15H21N5O/c1-19-7-8-20(2)11(10-19)9-14-17-15(21-18-14)12-5-3-4-6-13(12)16/h3-6,11H,7-10,16H2,1-2H3. The molecule has 0 saturated carbocycles. The zero-order valence-electron chi connectivity index (χ0n) is 12.5. The highest BCUT2D eigenvalue weighted by Gasteiger charge is 2.24. The summed E-state index contributed by atoms with van der Waals surface area (Å²) in [5.74, 6) is 1.23. The number of benzene rings is 1. The third-order valence-electron chi connectivity index (χ3n) is 4.06. The summed E-state index contributed by atoms with van der Waals surface area (Å²) in [6.45, 7) is 3.19. The number of nitrogens with zero attached hydrogens (tertiary/aromatic N) is 4. The van der Waals surface area contributed by atoms with Gasteiger partial charge in [-0.2, -0.15) is 4.98 Å². The minimum Gasteiger partial charge on any atom is -0.398 e. The number of hydrogen-bond acceptors (Lipinski definition) is 6. The van der Waals surface area contributed by atoms with Gasteiger partial charge < -0.3 is 20.1 Å². The van der Waals surface area contributed by atoms with E-state index in [0.29, 0.717) is 17.6 Å². The lowest BCUT2D eigenvalue weighted by atomic mass is 10.1. The number of hydrogen-bond donors (Lipinski definition) is 1. The van der Waals surface area contributed by atoms with E-state index in [1.54, 1.807) is 0 Å². The van der Waals surface area contributed by atoms with E-state index in [1.807, 2.05) is 24.3 Å². The van der Waals surface area contributed by atoms with E-state index in [2.05, 4.69) is 34.0 Å². The Morgan fingerprint density at radius 3 is 2.90 bits per heavy atom. The van der Waals surface area contributed by atoms with Gasteiger partial charge in [-0.1, -0.05) is 17.3 Å². The topological polar surface area (TPSA) is 71.4 Å². The van der Waals surface area contributed by atoms with Gasteiger partial charge in [0.25, 0.3) is 5.89 Å². The van der Waals surface area contributed by atoms with Gasteiger partial charge in [0, 0.05) is 37.8 Å². The van der Waals surface area contributed by atoms with Gasteiger partial charge in [0.2, 0.25) is 0 Å². The summed E-state index contributed by atoms with van der Waals surface area (Å²) >= 11 is 0. The van der Waals surface area contributed by atoms with Gasteiger partial charge in [-0.05, 0) is 26.2 Å². The molecule has 2 heterocycles. The second kappa shape index (κ2) is 5.83. The van der Waals surface area contributed by atoms with Gasteiger partial charge in [-0.3, -0.25) is 0 Å². The number of aromatic nitrogens is 2. The number of likely N-dealkylation sites (N-methyl/N-ethyl adjacent to an activating group) is 2. The molecule has 0 aliphatic carbocycles. The molecule has 0 amide bonds. The molecule has 0 bridgehead atoms. The number of piperazine rings is 1. The van der Waals surface area contributed by atoms with E-state index in [9.17, 15) is 0 Å². The zero-order valence-corrected chi connectivity index (χ0v) is 12.5. The van der Waals surface area contributed by atoms with Crippen LogP contribution in [0.1, 0.15) is 5.82 Å². The second-order valence-electron chi connectivity index (χ2n) is 5.70. The van der Waals surface area contributed by atoms with Crippen molar-refractivity contribution in [1.29, 1.82) is 0 Å². The lowest BCUT2D eigenvalue weighted by molar-refractivity contribution is 0.113. The minimum atomic E-state index is 0.419. The minimum absolute atomic E-state index is 0.419. The van der Waals surface area contributed by atoms with Crippen LogP contribution in [0.2, 0.25) is 0 Å². The van der Waals surface area contributed by atoms with Crippen LogP contribution in [0.15, 0.2) is 28.8 Å². The fourth-order valence-corrected chi connectivity index (χ4v) is 2.67. The Morgan fingerprint density at radius 1 is 1.29 bits per heavy atom. The molecule has 1 fully saturated rings. The fourth-order valence-electron chi connectivity index (χ4n) is 2.67. The van der Waals surface area contributed by atoms with Crippen molar-refractivity contribution in [1.82, 2.24) is 19.9 Å². The van der Waals surface area contributed by atoms with Gasteiger partial charge in [0.05, 0.1) is 5.56 Å². The fraction of sp³-hybridized carbons (Fsp3) is 0.467. The van der Waals surface area contributed by atoms with Crippen LogP contribution in [0.3, 0.4) is 0 Å². The first-order valence-corrected chi connectivity index (χ1v) is 7.19. The molecule has 1 atom stereocenters. The maximum atomic E-state index is 5.94. The van der Waals surface area contributed by atoms with E-state index < -0.39 is 0 Å². The van der Waals surface area contributed by atoms with Crippen molar-refractivity contribution in [3.63, 3.8) is 0 Å². The van der Waals surface area contributed by atoms with E-state index in [1.165, 1.54) is 0 Å². The van der Waals surface area contributed by atoms with Crippen molar-refractivity contribution in [2.45, 2.75) is 12.5 Å². The van der Waals surface area contributed by atoms with Crippen LogP contribution in [0.4, 0.5) is 5.69 Å². The highest BCUT2D eigenvalue weighted by molar-refractivity contribution is 5.69. The van der Waals surface area contributed by atoms with Gasteiger partial charge in [-0.15, -0.1) is 0 Å². The zero-order chi connectivity index (χ0) is 14.8. The normalized spacial score (nSPS) is 20.8. The highest BCUT2D eigenvalue weighted by Crippen LogP contribution is 2.24. The average molecular weight is 287 g/mol. The van der Waals surface area contributed by atoms with Crippen molar-refractivity contribution in [3.8, 4) is 11.5 Å². The number of anilines is 1. The molecule has 0 radical (unpaired) electrons. The molecule has 6 heteroatoms. The molecule has 1 saturated heterocycles. The quantitative estimate of drug-likeness (QED) is 0.853. The van der Waals surface area contributed by atoms with Crippen molar-refractivity contribution in [2.24, 2.45) is 0 Å². The summed E-state index contributed by atoms with van der Waals surface area (Å²) in [5, 5.41) is 4.10. The van der Waals surface area contributed by atoms with E-state index in [4.69, 9.17) is 10.3 Å². The smallest absolute Gasteiger partial charge is 0.260 e. The summed E-state index contributed by atoms with van der Waals surface area (Å²) in [7, 11) is 4.29. The highest BCUT2D eigenvalue weighted by atomic mass is 16.5. The second-order valence-corrected chi connectivity index (χ2v) is 5.70. The van der Waals surface area contributed by atoms with Crippen molar-refractivity contribution < 1.29 is 4.52 Å². The first kappa shape index (κ1) is 14.0. The van der Waals surface area contributed by atoms with Crippen molar-refractivity contribution in [3.05, 3.63) is 30.1 Å². The van der Waals surface area contributed by atoms with Gasteiger partial charge in [-0.25, -0.2) is 0 Å². The van der Waals surface area contributed by atoms with Crippen LogP contribution in [0.5, 0.6) is 0 Å². The van der Waals surface area contributed by atoms with Gasteiger partial charge >= 0.3 is 0 Å². The number of para-hydroxylation sites is 1. The van der Waals surface area contributed by atoms with Crippen LogP contribution in [0.25, 0.3) is 11.5 Å². The first-order valence-electron chi connectivity index (χ1n) is 7.19. The van der Waals surface area contributed by atoms with Gasteiger partial charge in [0.1, 0.15) is 0 Å². The summed E-state index contributed by atoms with van der Waals surface area (Å²) in [4.78, 5) is 9.18. The molecule has 0 spiro atoms. The Balaban J connectivity index is 1.75. The Labute approximate surface area is 124 Å². The molecular weight excluding hydrogens is 266 g/mol. The summed E-state index contributed by atoms with van der Waals surface area (Å²) in [6, 6.07) is 7.96. The van der Waals surface area contributed by atoms with E-state index >= 15 is 0 Å². The largest absolute Gasteiger partial charge is 0.398 e. The molecular formula is C15H21N5O. The van der Waals surface area contributed by atoms with Crippen LogP contribution < -0.4 is 5.73 Å². The molecule has 2 aromatic rings. The SMILES string of the molecule is CN1CCN(C)C(Cc2noc(-c3ccccc3N)n2)C1. The Kier molecular flexibility index (Phi) is 3.90. The Morgan fingerprint density at radius 2 is 2.10 bits per heavy atom. The molecule has 6 nitrogen and oxygen atoms in total. The molecule has 21 heavy (non-hydrogen) atoms. The molecule has 2 N–H and O–H groups in total. The molecule has 1 unspecified atom stereocenters. The average Bonchev–Trinajstić information content (AvgIpc) is 2.92. The molecule has 1 aromatic carbocycles. The molecule has 3 rings (SSSR count). The monoisotopic (exact) mass is 287 g/mol. The predicted octanol–water partition coefficient (Wildman–Crippen LogP) is 1.11. The predicted molar refractivity (Wildman–Crippen MR) is 81.8 cm³/mol. The summed E-state index contributed by atoms with van der Waals surface area (Å²) in [6.07, 6.45) is 0.789. The maximum absolute atomic E-state index is 5.94.